The van der Waals surface area contributed by atoms with Gasteiger partial charge in [0, 0.05) is 44.5 Å². The van der Waals surface area contributed by atoms with Gasteiger partial charge in [-0.15, -0.1) is 0 Å². The number of carbonyl (C=O) groups excluding carboxylic acids is 1. The second kappa shape index (κ2) is 6.54. The lowest BCUT2D eigenvalue weighted by Crippen LogP contribution is -2.47. The van der Waals surface area contributed by atoms with Crippen LogP contribution >= 0.6 is 23.1 Å². The number of thiazole rings is 1. The molecule has 1 saturated heterocycles. The van der Waals surface area contributed by atoms with Crippen LogP contribution in [-0.4, -0.2) is 47.1 Å². The molecule has 1 aliphatic rings. The maximum absolute atomic E-state index is 12.1. The Morgan fingerprint density at radius 2 is 2.22 bits per heavy atom. The maximum atomic E-state index is 12.1. The van der Waals surface area contributed by atoms with Crippen molar-refractivity contribution in [3.8, 4) is 0 Å². The Hall–Kier alpha value is -0.590. The van der Waals surface area contributed by atoms with E-state index in [9.17, 15) is 4.79 Å². The van der Waals surface area contributed by atoms with E-state index < -0.39 is 0 Å². The molecule has 1 amide bonds. The molecule has 1 fully saturated rings. The largest absolute Gasteiger partial charge is 0.396 e. The van der Waals surface area contributed by atoms with E-state index in [-0.39, 0.29) is 12.5 Å². The summed E-state index contributed by atoms with van der Waals surface area (Å²) in [6.07, 6.45) is 0.679. The highest BCUT2D eigenvalue weighted by molar-refractivity contribution is 7.99. The summed E-state index contributed by atoms with van der Waals surface area (Å²) in [4.78, 5) is 15.3. The number of carbonyl (C=O) groups is 1. The van der Waals surface area contributed by atoms with E-state index in [4.69, 9.17) is 5.11 Å². The van der Waals surface area contributed by atoms with E-state index >= 15 is 0 Å². The number of aromatic nitrogens is 1. The minimum atomic E-state index is 0.165. The van der Waals surface area contributed by atoms with Crippen LogP contribution in [0, 0.1) is 6.92 Å². The Bertz CT molecular complexity index is 414. The summed E-state index contributed by atoms with van der Waals surface area (Å²) in [5, 5.41) is 8.96. The van der Waals surface area contributed by atoms with Gasteiger partial charge in [0.2, 0.25) is 12.1 Å². The molecule has 1 N–H and O–H groups in total. The molecule has 4 nitrogen and oxygen atoms in total. The van der Waals surface area contributed by atoms with Gasteiger partial charge in [0.05, 0.1) is 4.88 Å². The third-order valence-corrected chi connectivity index (χ3v) is 5.25. The van der Waals surface area contributed by atoms with Crippen LogP contribution in [0.3, 0.4) is 0 Å². The molecule has 1 aromatic heterocycles. The minimum absolute atomic E-state index is 0.165. The third kappa shape index (κ3) is 3.24. The fourth-order valence-electron chi connectivity index (χ4n) is 2.01. The van der Waals surface area contributed by atoms with Crippen LogP contribution in [0.15, 0.2) is 5.51 Å². The van der Waals surface area contributed by atoms with Gasteiger partial charge in [-0.25, -0.2) is 0 Å². The second-order valence-electron chi connectivity index (χ2n) is 4.33. The number of aliphatic hydroxyl groups excluding tert-OH is 1. The molecule has 0 unspecified atom stereocenters. The monoisotopic (exact) mass is 287 g/mol. The molecule has 100 valence electrons. The maximum Gasteiger partial charge on any atom is 0.288 e. The predicted molar refractivity (Wildman–Crippen MR) is 73.9 cm³/mol. The molecule has 6 heteroatoms. The Labute approximate surface area is 116 Å². The first-order valence-corrected chi connectivity index (χ1v) is 8.18. The molecule has 2 heterocycles. The van der Waals surface area contributed by atoms with Gasteiger partial charge >= 0.3 is 0 Å². The Morgan fingerprint density at radius 3 is 2.89 bits per heavy atom. The van der Waals surface area contributed by atoms with Crippen LogP contribution in [-0.2, 0) is 17.8 Å². The van der Waals surface area contributed by atoms with Crippen molar-refractivity contribution in [3.05, 3.63) is 16.1 Å². The van der Waals surface area contributed by atoms with Crippen molar-refractivity contribution in [1.82, 2.24) is 4.90 Å². The molecule has 1 aromatic rings. The summed E-state index contributed by atoms with van der Waals surface area (Å²) in [6.45, 7) is 4.35. The van der Waals surface area contributed by atoms with E-state index in [0.29, 0.717) is 13.0 Å². The van der Waals surface area contributed by atoms with Gasteiger partial charge in [-0.2, -0.15) is 16.3 Å². The topological polar surface area (TPSA) is 44.4 Å². The van der Waals surface area contributed by atoms with Crippen molar-refractivity contribution < 1.29 is 14.5 Å². The molecule has 0 spiro atoms. The Kier molecular flexibility index (Phi) is 5.03. The van der Waals surface area contributed by atoms with Gasteiger partial charge in [-0.1, -0.05) is 11.3 Å². The second-order valence-corrected chi connectivity index (χ2v) is 6.49. The number of nitrogens with zero attached hydrogens (tertiary/aromatic N) is 2. The lowest BCUT2D eigenvalue weighted by Gasteiger charge is -2.25. The summed E-state index contributed by atoms with van der Waals surface area (Å²) in [5.41, 5.74) is 3.09. The van der Waals surface area contributed by atoms with Gasteiger partial charge in [0.15, 0.2) is 5.69 Å². The van der Waals surface area contributed by atoms with Crippen molar-refractivity contribution in [3.63, 3.8) is 0 Å². The Morgan fingerprint density at radius 1 is 1.50 bits per heavy atom. The van der Waals surface area contributed by atoms with Crippen molar-refractivity contribution in [1.29, 1.82) is 0 Å². The van der Waals surface area contributed by atoms with Crippen LogP contribution in [0.1, 0.15) is 10.6 Å². The molecular weight excluding hydrogens is 268 g/mol. The van der Waals surface area contributed by atoms with E-state index in [1.165, 1.54) is 4.88 Å². The SMILES string of the molecule is Cc1c(CCO)sc[n+]1CC(=O)N1CCSCC1. The van der Waals surface area contributed by atoms with Crippen LogP contribution < -0.4 is 4.57 Å². The number of amides is 1. The van der Waals surface area contributed by atoms with E-state index in [2.05, 4.69) is 0 Å². The smallest absolute Gasteiger partial charge is 0.288 e. The van der Waals surface area contributed by atoms with Crippen molar-refractivity contribution in [2.24, 2.45) is 0 Å². The van der Waals surface area contributed by atoms with Gasteiger partial charge in [0.1, 0.15) is 0 Å². The predicted octanol–water partition coefficient (Wildman–Crippen LogP) is 0.454. The lowest BCUT2D eigenvalue weighted by molar-refractivity contribution is -0.686. The lowest BCUT2D eigenvalue weighted by atomic mass is 10.3. The molecule has 0 saturated carbocycles. The normalized spacial score (nSPS) is 16.0. The summed E-state index contributed by atoms with van der Waals surface area (Å²) < 4.78 is 2.00. The highest BCUT2D eigenvalue weighted by Crippen LogP contribution is 2.12. The first-order valence-electron chi connectivity index (χ1n) is 6.15. The zero-order valence-corrected chi connectivity index (χ0v) is 12.2. The molecule has 1 aliphatic heterocycles. The third-order valence-electron chi connectivity index (χ3n) is 3.16. The molecular formula is C12H19N2O2S2+. The zero-order valence-electron chi connectivity index (χ0n) is 10.6. The molecule has 0 bridgehead atoms. The summed E-state index contributed by atoms with van der Waals surface area (Å²) >= 11 is 3.53. The molecule has 0 aliphatic carbocycles. The standard InChI is InChI=1S/C12H19N2O2S2/c1-10-11(2-5-15)18-9-14(10)8-12(16)13-3-6-17-7-4-13/h9,15H,2-8H2,1H3/q+1. The molecule has 0 aromatic carbocycles. The van der Waals surface area contributed by atoms with Crippen LogP contribution in [0.25, 0.3) is 0 Å². The van der Waals surface area contributed by atoms with E-state index in [1.807, 2.05) is 33.7 Å². The van der Waals surface area contributed by atoms with Crippen molar-refractivity contribution in [2.45, 2.75) is 19.9 Å². The van der Waals surface area contributed by atoms with Crippen molar-refractivity contribution >= 4 is 29.0 Å². The summed E-state index contributed by atoms with van der Waals surface area (Å²) in [5.74, 6) is 2.31. The molecule has 0 atom stereocenters. The highest BCUT2D eigenvalue weighted by Gasteiger charge is 2.23. The number of thioether (sulfide) groups is 1. The number of aliphatic hydroxyl groups is 1. The van der Waals surface area contributed by atoms with Crippen molar-refractivity contribution in [2.75, 3.05) is 31.2 Å². The Balaban J connectivity index is 1.98. The van der Waals surface area contributed by atoms with Gasteiger partial charge < -0.3 is 10.0 Å². The molecule has 2 rings (SSSR count). The van der Waals surface area contributed by atoms with Gasteiger partial charge in [-0.05, 0) is 0 Å². The van der Waals surface area contributed by atoms with Crippen LogP contribution in [0.2, 0.25) is 0 Å². The number of rotatable bonds is 4. The van der Waals surface area contributed by atoms with Crippen LogP contribution in [0.5, 0.6) is 0 Å². The van der Waals surface area contributed by atoms with Gasteiger partial charge in [0.25, 0.3) is 5.91 Å². The summed E-state index contributed by atoms with van der Waals surface area (Å²) in [6, 6.07) is 0. The highest BCUT2D eigenvalue weighted by atomic mass is 32.2. The van der Waals surface area contributed by atoms with E-state index in [1.54, 1.807) is 11.3 Å². The number of hydrogen-bond donors (Lipinski definition) is 1. The average Bonchev–Trinajstić information content (AvgIpc) is 2.73. The fourth-order valence-corrected chi connectivity index (χ4v) is 3.89. The number of hydrogen-bond acceptors (Lipinski definition) is 4. The first-order chi connectivity index (χ1) is 8.72. The summed E-state index contributed by atoms with van der Waals surface area (Å²) in [7, 11) is 0. The quantitative estimate of drug-likeness (QED) is 0.818. The van der Waals surface area contributed by atoms with E-state index in [0.717, 1.165) is 30.3 Å². The van der Waals surface area contributed by atoms with Crippen LogP contribution in [0.4, 0.5) is 0 Å². The molecule has 18 heavy (non-hydrogen) atoms. The van der Waals surface area contributed by atoms with Gasteiger partial charge in [-0.3, -0.25) is 4.79 Å². The fraction of sp³-hybridized carbons (Fsp3) is 0.667. The molecule has 0 radical (unpaired) electrons. The minimum Gasteiger partial charge on any atom is -0.396 e. The zero-order chi connectivity index (χ0) is 13.0. The first kappa shape index (κ1) is 13.8. The average molecular weight is 287 g/mol.